The number of nitro benzene ring substituents is 1. The van der Waals surface area contributed by atoms with Gasteiger partial charge in [0.1, 0.15) is 5.75 Å². The number of nitrogens with one attached hydrogen (secondary N) is 1. The molecule has 7 nitrogen and oxygen atoms in total. The zero-order chi connectivity index (χ0) is 13.8. The number of anilines is 1. The van der Waals surface area contributed by atoms with Gasteiger partial charge in [-0.2, -0.15) is 0 Å². The molecule has 0 radical (unpaired) electrons. The highest BCUT2D eigenvalue weighted by Gasteiger charge is 2.22. The first-order valence-electron chi connectivity index (χ1n) is 5.94. The van der Waals surface area contributed by atoms with Gasteiger partial charge in [0, 0.05) is 12.7 Å². The molecule has 102 valence electrons. The monoisotopic (exact) mass is 266 g/mol. The van der Waals surface area contributed by atoms with E-state index < -0.39 is 4.92 Å². The molecule has 1 aliphatic heterocycles. The highest BCUT2D eigenvalue weighted by atomic mass is 16.6. The first-order valence-corrected chi connectivity index (χ1v) is 5.94. The lowest BCUT2D eigenvalue weighted by Gasteiger charge is -2.21. The van der Waals surface area contributed by atoms with Crippen LogP contribution < -0.4 is 5.32 Å². The van der Waals surface area contributed by atoms with Crippen LogP contribution in [-0.4, -0.2) is 29.2 Å². The zero-order valence-corrected chi connectivity index (χ0v) is 10.2. The fourth-order valence-electron chi connectivity index (χ4n) is 1.92. The van der Waals surface area contributed by atoms with Crippen LogP contribution in [0.15, 0.2) is 18.2 Å². The SMILES string of the molecule is O=C(Nc1ccc([N+](=O)[O-])cc1O)C1CCCOC1. The number of hydrogen-bond donors (Lipinski definition) is 2. The van der Waals surface area contributed by atoms with E-state index in [0.29, 0.717) is 13.2 Å². The van der Waals surface area contributed by atoms with Crippen molar-refractivity contribution >= 4 is 17.3 Å². The summed E-state index contributed by atoms with van der Waals surface area (Å²) in [5.41, 5.74) is -0.0577. The molecule has 1 amide bonds. The third kappa shape index (κ3) is 3.19. The number of carbonyl (C=O) groups is 1. The second kappa shape index (κ2) is 5.66. The summed E-state index contributed by atoms with van der Waals surface area (Å²) in [5.74, 6) is -0.813. The van der Waals surface area contributed by atoms with Crippen LogP contribution in [0.3, 0.4) is 0 Å². The Hall–Kier alpha value is -2.15. The number of carbonyl (C=O) groups excluding carboxylic acids is 1. The van der Waals surface area contributed by atoms with Crippen LogP contribution in [-0.2, 0) is 9.53 Å². The topological polar surface area (TPSA) is 102 Å². The van der Waals surface area contributed by atoms with Crippen molar-refractivity contribution < 1.29 is 19.6 Å². The van der Waals surface area contributed by atoms with Gasteiger partial charge in [-0.05, 0) is 18.9 Å². The maximum Gasteiger partial charge on any atom is 0.273 e. The molecule has 1 unspecified atom stereocenters. The zero-order valence-electron chi connectivity index (χ0n) is 10.2. The van der Waals surface area contributed by atoms with E-state index in [0.717, 1.165) is 18.9 Å². The number of hydrogen-bond acceptors (Lipinski definition) is 5. The maximum atomic E-state index is 11.9. The number of amides is 1. The summed E-state index contributed by atoms with van der Waals surface area (Å²) in [7, 11) is 0. The first-order chi connectivity index (χ1) is 9.08. The van der Waals surface area contributed by atoms with Crippen LogP contribution in [0.2, 0.25) is 0 Å². The van der Waals surface area contributed by atoms with Gasteiger partial charge in [-0.25, -0.2) is 0 Å². The van der Waals surface area contributed by atoms with Crippen molar-refractivity contribution in [2.75, 3.05) is 18.5 Å². The van der Waals surface area contributed by atoms with E-state index in [2.05, 4.69) is 5.32 Å². The summed E-state index contributed by atoms with van der Waals surface area (Å²) in [4.78, 5) is 21.8. The Morgan fingerprint density at radius 1 is 1.53 bits per heavy atom. The van der Waals surface area contributed by atoms with Gasteiger partial charge in [0.2, 0.25) is 5.91 Å². The lowest BCUT2D eigenvalue weighted by atomic mass is 10.0. The number of ether oxygens (including phenoxy) is 1. The molecule has 2 rings (SSSR count). The van der Waals surface area contributed by atoms with E-state index in [-0.39, 0.29) is 28.9 Å². The smallest absolute Gasteiger partial charge is 0.273 e. The van der Waals surface area contributed by atoms with E-state index in [9.17, 15) is 20.0 Å². The van der Waals surface area contributed by atoms with E-state index >= 15 is 0 Å². The van der Waals surface area contributed by atoms with Crippen molar-refractivity contribution in [3.63, 3.8) is 0 Å². The van der Waals surface area contributed by atoms with Crippen LogP contribution in [0, 0.1) is 16.0 Å². The Bertz CT molecular complexity index is 497. The summed E-state index contributed by atoms with van der Waals surface area (Å²) in [6, 6.07) is 3.55. The minimum atomic E-state index is -0.611. The molecule has 0 saturated carbocycles. The van der Waals surface area contributed by atoms with Crippen molar-refractivity contribution in [3.8, 4) is 5.75 Å². The van der Waals surface area contributed by atoms with Crippen molar-refractivity contribution in [1.29, 1.82) is 0 Å². The van der Waals surface area contributed by atoms with Crippen LogP contribution >= 0.6 is 0 Å². The molecule has 1 saturated heterocycles. The van der Waals surface area contributed by atoms with Crippen LogP contribution in [0.4, 0.5) is 11.4 Å². The summed E-state index contributed by atoms with van der Waals surface area (Å²) in [6.45, 7) is 1.02. The highest BCUT2D eigenvalue weighted by molar-refractivity contribution is 5.94. The number of non-ortho nitro benzene ring substituents is 1. The van der Waals surface area contributed by atoms with E-state index in [4.69, 9.17) is 4.74 Å². The second-order valence-electron chi connectivity index (χ2n) is 4.36. The summed E-state index contributed by atoms with van der Waals surface area (Å²) >= 11 is 0. The van der Waals surface area contributed by atoms with Gasteiger partial charge < -0.3 is 15.2 Å². The Kier molecular flexibility index (Phi) is 3.96. The van der Waals surface area contributed by atoms with Gasteiger partial charge in [0.05, 0.1) is 29.2 Å². The molecule has 0 aromatic heterocycles. The number of nitrogens with zero attached hydrogens (tertiary/aromatic N) is 1. The number of phenols is 1. The van der Waals surface area contributed by atoms with Gasteiger partial charge >= 0.3 is 0 Å². The normalized spacial score (nSPS) is 18.8. The summed E-state index contributed by atoms with van der Waals surface area (Å²) in [5, 5.41) is 22.7. The minimum absolute atomic E-state index is 0.168. The molecule has 1 atom stereocenters. The molecule has 7 heteroatoms. The Labute approximate surface area is 109 Å². The van der Waals surface area contributed by atoms with Crippen LogP contribution in [0.25, 0.3) is 0 Å². The molecule has 1 aromatic carbocycles. The van der Waals surface area contributed by atoms with E-state index in [1.165, 1.54) is 12.1 Å². The molecule has 1 heterocycles. The highest BCUT2D eigenvalue weighted by Crippen LogP contribution is 2.28. The van der Waals surface area contributed by atoms with Gasteiger partial charge in [0.25, 0.3) is 5.69 Å². The summed E-state index contributed by atoms with van der Waals surface area (Å²) in [6.07, 6.45) is 1.56. The molecule has 1 fully saturated rings. The number of aromatic hydroxyl groups is 1. The summed E-state index contributed by atoms with van der Waals surface area (Å²) < 4.78 is 5.21. The second-order valence-corrected chi connectivity index (χ2v) is 4.36. The van der Waals surface area contributed by atoms with Crippen molar-refractivity contribution in [1.82, 2.24) is 0 Å². The molecule has 0 aliphatic carbocycles. The number of rotatable bonds is 3. The molecule has 1 aromatic rings. The Morgan fingerprint density at radius 2 is 2.32 bits per heavy atom. The fraction of sp³-hybridized carbons (Fsp3) is 0.417. The number of nitro groups is 1. The van der Waals surface area contributed by atoms with Gasteiger partial charge in [-0.3, -0.25) is 14.9 Å². The molecular formula is C12H14N2O5. The fourth-order valence-corrected chi connectivity index (χ4v) is 1.92. The standard InChI is InChI=1S/C12H14N2O5/c15-11-6-9(14(17)18)3-4-10(11)13-12(16)8-2-1-5-19-7-8/h3-4,6,8,15H,1-2,5,7H2,(H,13,16). The van der Waals surface area contributed by atoms with Gasteiger partial charge in [-0.1, -0.05) is 0 Å². The quantitative estimate of drug-likeness (QED) is 0.492. The third-order valence-electron chi connectivity index (χ3n) is 2.98. The van der Waals surface area contributed by atoms with Crippen LogP contribution in [0.1, 0.15) is 12.8 Å². The Balaban J connectivity index is 2.06. The van der Waals surface area contributed by atoms with Crippen molar-refractivity contribution in [2.24, 2.45) is 5.92 Å². The average Bonchev–Trinajstić information content (AvgIpc) is 2.41. The lowest BCUT2D eigenvalue weighted by Crippen LogP contribution is -2.30. The third-order valence-corrected chi connectivity index (χ3v) is 2.98. The lowest BCUT2D eigenvalue weighted by molar-refractivity contribution is -0.384. The largest absolute Gasteiger partial charge is 0.506 e. The minimum Gasteiger partial charge on any atom is -0.506 e. The molecule has 1 aliphatic rings. The molecule has 0 bridgehead atoms. The molecule has 2 N–H and O–H groups in total. The number of benzene rings is 1. The number of phenolic OH excluding ortho intramolecular Hbond substituents is 1. The first kappa shape index (κ1) is 13.3. The molecular weight excluding hydrogens is 252 g/mol. The molecule has 19 heavy (non-hydrogen) atoms. The average molecular weight is 266 g/mol. The van der Waals surface area contributed by atoms with E-state index in [1.54, 1.807) is 0 Å². The predicted octanol–water partition coefficient (Wildman–Crippen LogP) is 1.67. The van der Waals surface area contributed by atoms with E-state index in [1.807, 2.05) is 0 Å². The Morgan fingerprint density at radius 3 is 2.89 bits per heavy atom. The predicted molar refractivity (Wildman–Crippen MR) is 66.9 cm³/mol. The van der Waals surface area contributed by atoms with Crippen LogP contribution in [0.5, 0.6) is 5.75 Å². The van der Waals surface area contributed by atoms with Gasteiger partial charge in [0.15, 0.2) is 0 Å². The van der Waals surface area contributed by atoms with Gasteiger partial charge in [-0.15, -0.1) is 0 Å². The van der Waals surface area contributed by atoms with Crippen molar-refractivity contribution in [3.05, 3.63) is 28.3 Å². The molecule has 0 spiro atoms. The maximum absolute atomic E-state index is 11.9. The van der Waals surface area contributed by atoms with Crippen molar-refractivity contribution in [2.45, 2.75) is 12.8 Å².